The van der Waals surface area contributed by atoms with Gasteiger partial charge in [-0.25, -0.2) is 4.79 Å². The average Bonchev–Trinajstić information content (AvgIpc) is 2.71. The summed E-state index contributed by atoms with van der Waals surface area (Å²) in [6.07, 6.45) is 2.05. The summed E-state index contributed by atoms with van der Waals surface area (Å²) in [5.41, 5.74) is 5.09. The normalized spacial score (nSPS) is 27.8. The Morgan fingerprint density at radius 3 is 2.41 bits per heavy atom. The molecule has 2 rings (SSSR count). The monoisotopic (exact) mass is 310 g/mol. The molecule has 4 N–H and O–H groups in total. The summed E-state index contributed by atoms with van der Waals surface area (Å²) in [7, 11) is 0. The molecule has 0 bridgehead atoms. The number of nitrogens with zero attached hydrogens (tertiary/aromatic N) is 1. The average molecular weight is 310 g/mol. The fourth-order valence-electron chi connectivity index (χ4n) is 3.36. The number of imide groups is 1. The van der Waals surface area contributed by atoms with Crippen LogP contribution in [0.5, 0.6) is 0 Å². The Balaban J connectivity index is 1.92. The van der Waals surface area contributed by atoms with Crippen molar-refractivity contribution in [1.82, 2.24) is 15.5 Å². The van der Waals surface area contributed by atoms with Crippen molar-refractivity contribution < 1.29 is 14.4 Å². The van der Waals surface area contributed by atoms with E-state index in [9.17, 15) is 14.4 Å². The zero-order chi connectivity index (χ0) is 16.5. The van der Waals surface area contributed by atoms with Crippen molar-refractivity contribution in [2.75, 3.05) is 13.1 Å². The molecule has 7 nitrogen and oxygen atoms in total. The highest BCUT2D eigenvalue weighted by Gasteiger charge is 2.48. The maximum absolute atomic E-state index is 12.3. The van der Waals surface area contributed by atoms with Crippen LogP contribution < -0.4 is 16.4 Å². The van der Waals surface area contributed by atoms with Gasteiger partial charge in [-0.2, -0.15) is 0 Å². The third-order valence-corrected chi connectivity index (χ3v) is 4.74. The Hall–Kier alpha value is -1.63. The summed E-state index contributed by atoms with van der Waals surface area (Å²) >= 11 is 0. The summed E-state index contributed by atoms with van der Waals surface area (Å²) in [4.78, 5) is 37.4. The molecule has 0 saturated carbocycles. The number of urea groups is 1. The SMILES string of the molecule is CC(C)C[C@H](N)C(=O)N1CCC(C2(C)NC(=O)NC2=O)CC1. The lowest BCUT2D eigenvalue weighted by Crippen LogP contribution is -2.55. The summed E-state index contributed by atoms with van der Waals surface area (Å²) < 4.78 is 0. The van der Waals surface area contributed by atoms with E-state index >= 15 is 0 Å². The Bertz CT molecular complexity index is 471. The van der Waals surface area contributed by atoms with E-state index < -0.39 is 17.6 Å². The molecule has 2 fully saturated rings. The van der Waals surface area contributed by atoms with Crippen LogP contribution in [0.4, 0.5) is 4.79 Å². The van der Waals surface area contributed by atoms with Gasteiger partial charge >= 0.3 is 6.03 Å². The number of piperidine rings is 1. The molecule has 0 aromatic rings. The highest BCUT2D eigenvalue weighted by Crippen LogP contribution is 2.30. The number of carbonyl (C=O) groups is 3. The topological polar surface area (TPSA) is 105 Å². The molecular formula is C15H26N4O3. The maximum atomic E-state index is 12.3. The predicted molar refractivity (Wildman–Crippen MR) is 81.8 cm³/mol. The number of hydrogen-bond acceptors (Lipinski definition) is 4. The van der Waals surface area contributed by atoms with Crippen molar-refractivity contribution in [2.45, 2.75) is 51.6 Å². The molecular weight excluding hydrogens is 284 g/mol. The van der Waals surface area contributed by atoms with Gasteiger partial charge in [0.05, 0.1) is 6.04 Å². The zero-order valence-corrected chi connectivity index (χ0v) is 13.5. The first kappa shape index (κ1) is 16.7. The summed E-state index contributed by atoms with van der Waals surface area (Å²) in [6, 6.07) is -0.897. The fourth-order valence-corrected chi connectivity index (χ4v) is 3.36. The van der Waals surface area contributed by atoms with Crippen LogP contribution in [-0.2, 0) is 9.59 Å². The van der Waals surface area contributed by atoms with E-state index in [4.69, 9.17) is 5.73 Å². The van der Waals surface area contributed by atoms with E-state index in [0.29, 0.717) is 38.3 Å². The van der Waals surface area contributed by atoms with E-state index in [-0.39, 0.29) is 17.7 Å². The molecule has 0 aliphatic carbocycles. The Labute approximate surface area is 131 Å². The van der Waals surface area contributed by atoms with E-state index in [0.717, 1.165) is 0 Å². The Kier molecular flexibility index (Phi) is 4.75. The molecule has 0 radical (unpaired) electrons. The highest BCUT2D eigenvalue weighted by molar-refractivity contribution is 6.07. The van der Waals surface area contributed by atoms with Gasteiger partial charge in [-0.1, -0.05) is 13.8 Å². The van der Waals surface area contributed by atoms with Crippen LogP contribution in [0.2, 0.25) is 0 Å². The summed E-state index contributed by atoms with van der Waals surface area (Å²) in [5.74, 6) is 0.119. The van der Waals surface area contributed by atoms with E-state index in [1.54, 1.807) is 11.8 Å². The van der Waals surface area contributed by atoms with Crippen molar-refractivity contribution in [2.24, 2.45) is 17.6 Å². The number of carbonyl (C=O) groups excluding carboxylic acids is 3. The molecule has 0 aromatic carbocycles. The van der Waals surface area contributed by atoms with Gasteiger partial charge in [0.1, 0.15) is 5.54 Å². The minimum Gasteiger partial charge on any atom is -0.341 e. The molecule has 2 aliphatic rings. The van der Waals surface area contributed by atoms with Gasteiger partial charge in [-0.05, 0) is 38.0 Å². The van der Waals surface area contributed by atoms with Crippen LogP contribution in [-0.4, -0.2) is 47.4 Å². The predicted octanol–water partition coefficient (Wildman–Crippen LogP) is 0.197. The molecule has 2 aliphatic heterocycles. The Morgan fingerprint density at radius 2 is 1.95 bits per heavy atom. The van der Waals surface area contributed by atoms with E-state index in [1.807, 2.05) is 13.8 Å². The van der Waals surface area contributed by atoms with Crippen LogP contribution in [0.1, 0.15) is 40.0 Å². The standard InChI is InChI=1S/C15H26N4O3/c1-9(2)8-11(16)12(20)19-6-4-10(5-7-19)15(3)13(21)17-14(22)18-15/h9-11H,4-8,16H2,1-3H3,(H2,17,18,21,22)/t11-,15?/m0/s1. The van der Waals surface area contributed by atoms with Crippen LogP contribution in [0, 0.1) is 11.8 Å². The molecule has 7 heteroatoms. The van der Waals surface area contributed by atoms with E-state index in [1.165, 1.54) is 0 Å². The second-order valence-corrected chi connectivity index (χ2v) is 6.95. The van der Waals surface area contributed by atoms with Gasteiger partial charge in [0, 0.05) is 13.1 Å². The minimum atomic E-state index is -0.869. The first-order valence-electron chi connectivity index (χ1n) is 7.92. The lowest BCUT2D eigenvalue weighted by Gasteiger charge is -2.39. The fraction of sp³-hybridized carbons (Fsp3) is 0.800. The van der Waals surface area contributed by atoms with Crippen LogP contribution in [0.3, 0.4) is 0 Å². The first-order chi connectivity index (χ1) is 10.2. The van der Waals surface area contributed by atoms with Crippen LogP contribution >= 0.6 is 0 Å². The summed E-state index contributed by atoms with van der Waals surface area (Å²) in [5, 5.41) is 5.00. The maximum Gasteiger partial charge on any atom is 0.322 e. The molecule has 0 spiro atoms. The number of hydrogen-bond donors (Lipinski definition) is 3. The first-order valence-corrected chi connectivity index (χ1v) is 7.92. The van der Waals surface area contributed by atoms with Crippen molar-refractivity contribution in [1.29, 1.82) is 0 Å². The van der Waals surface area contributed by atoms with Crippen LogP contribution in [0.25, 0.3) is 0 Å². The lowest BCUT2D eigenvalue weighted by molar-refractivity contribution is -0.135. The quantitative estimate of drug-likeness (QED) is 0.645. The third-order valence-electron chi connectivity index (χ3n) is 4.74. The number of nitrogens with two attached hydrogens (primary N) is 1. The second-order valence-electron chi connectivity index (χ2n) is 6.95. The smallest absolute Gasteiger partial charge is 0.322 e. The number of rotatable bonds is 4. The number of nitrogens with one attached hydrogen (secondary N) is 2. The molecule has 22 heavy (non-hydrogen) atoms. The largest absolute Gasteiger partial charge is 0.341 e. The highest BCUT2D eigenvalue weighted by atomic mass is 16.2. The molecule has 0 aromatic heterocycles. The van der Waals surface area contributed by atoms with Gasteiger partial charge in [0.2, 0.25) is 5.91 Å². The van der Waals surface area contributed by atoms with Crippen molar-refractivity contribution in [3.8, 4) is 0 Å². The molecule has 4 amide bonds. The number of likely N-dealkylation sites (tertiary alicyclic amines) is 1. The van der Waals surface area contributed by atoms with Crippen LogP contribution in [0.15, 0.2) is 0 Å². The van der Waals surface area contributed by atoms with Gasteiger partial charge in [-0.15, -0.1) is 0 Å². The van der Waals surface area contributed by atoms with E-state index in [2.05, 4.69) is 10.6 Å². The molecule has 2 heterocycles. The molecule has 2 atom stereocenters. The summed E-state index contributed by atoms with van der Waals surface area (Å²) in [6.45, 7) is 6.99. The van der Waals surface area contributed by atoms with Gasteiger partial charge in [0.15, 0.2) is 0 Å². The van der Waals surface area contributed by atoms with Crippen molar-refractivity contribution >= 4 is 17.8 Å². The minimum absolute atomic E-state index is 0.0165. The van der Waals surface area contributed by atoms with Gasteiger partial charge < -0.3 is 16.0 Å². The number of amides is 4. The van der Waals surface area contributed by atoms with Gasteiger partial charge in [-0.3, -0.25) is 14.9 Å². The molecule has 124 valence electrons. The van der Waals surface area contributed by atoms with Crippen molar-refractivity contribution in [3.05, 3.63) is 0 Å². The van der Waals surface area contributed by atoms with Crippen molar-refractivity contribution in [3.63, 3.8) is 0 Å². The lowest BCUT2D eigenvalue weighted by atomic mass is 9.79. The second kappa shape index (κ2) is 6.24. The molecule has 2 saturated heterocycles. The molecule has 1 unspecified atom stereocenters. The third kappa shape index (κ3) is 3.24. The van der Waals surface area contributed by atoms with Gasteiger partial charge in [0.25, 0.3) is 5.91 Å². The zero-order valence-electron chi connectivity index (χ0n) is 13.5. The Morgan fingerprint density at radius 1 is 1.36 bits per heavy atom.